The molecule has 1 aliphatic rings. The van der Waals surface area contributed by atoms with Gasteiger partial charge < -0.3 is 4.74 Å². The van der Waals surface area contributed by atoms with Gasteiger partial charge in [-0.3, -0.25) is 0 Å². The molecule has 39 heavy (non-hydrogen) atoms. The van der Waals surface area contributed by atoms with Crippen LogP contribution in [0.3, 0.4) is 0 Å². The first-order valence-corrected chi connectivity index (χ1v) is 14.3. The lowest BCUT2D eigenvalue weighted by Gasteiger charge is -2.22. The van der Waals surface area contributed by atoms with E-state index in [2.05, 4.69) is 19.6 Å². The average Bonchev–Trinajstić information content (AvgIpc) is 2.96. The van der Waals surface area contributed by atoms with Crippen LogP contribution in [0.1, 0.15) is 76.7 Å². The second-order valence-electron chi connectivity index (χ2n) is 10.5. The van der Waals surface area contributed by atoms with E-state index in [1.54, 1.807) is 36.4 Å². The first-order chi connectivity index (χ1) is 19.0. The fraction of sp³-hybridized carbons (Fsp3) is 0.371. The van der Waals surface area contributed by atoms with E-state index >= 15 is 4.39 Å². The summed E-state index contributed by atoms with van der Waals surface area (Å²) in [6.45, 7) is 6.32. The number of halogens is 3. The Morgan fingerprint density at radius 1 is 0.846 bits per heavy atom. The fourth-order valence-electron chi connectivity index (χ4n) is 5.30. The van der Waals surface area contributed by atoms with E-state index in [9.17, 15) is 8.78 Å². The molecule has 0 heterocycles. The Bertz CT molecular complexity index is 1280. The molecular weight excluding hydrogens is 493 g/mol. The molecule has 4 heteroatoms. The van der Waals surface area contributed by atoms with Crippen molar-refractivity contribution in [2.45, 2.75) is 71.1 Å². The molecule has 1 atom stereocenters. The summed E-state index contributed by atoms with van der Waals surface area (Å²) >= 11 is 0. The third kappa shape index (κ3) is 7.44. The quantitative estimate of drug-likeness (QED) is 0.157. The second-order valence-corrected chi connectivity index (χ2v) is 10.5. The number of ether oxygens (including phenoxy) is 1. The summed E-state index contributed by atoms with van der Waals surface area (Å²) in [6.07, 6.45) is 14.8. The third-order valence-electron chi connectivity index (χ3n) is 7.70. The first kappa shape index (κ1) is 28.7. The Morgan fingerprint density at radius 2 is 1.54 bits per heavy atom. The molecule has 4 rings (SSSR count). The lowest BCUT2D eigenvalue weighted by atomic mass is 9.84. The van der Waals surface area contributed by atoms with E-state index in [4.69, 9.17) is 4.74 Å². The lowest BCUT2D eigenvalue weighted by Crippen LogP contribution is -2.05. The highest BCUT2D eigenvalue weighted by molar-refractivity contribution is 5.74. The van der Waals surface area contributed by atoms with Crippen molar-refractivity contribution in [2.24, 2.45) is 5.92 Å². The molecule has 0 aromatic heterocycles. The molecule has 0 spiro atoms. The Kier molecular flexibility index (Phi) is 10.5. The van der Waals surface area contributed by atoms with Crippen LogP contribution in [0.15, 0.2) is 73.3 Å². The van der Waals surface area contributed by atoms with Gasteiger partial charge in [0.15, 0.2) is 11.6 Å². The molecule has 0 saturated heterocycles. The minimum Gasteiger partial charge on any atom is -0.490 e. The number of rotatable bonds is 13. The van der Waals surface area contributed by atoms with Crippen LogP contribution >= 0.6 is 0 Å². The van der Waals surface area contributed by atoms with E-state index in [-0.39, 0.29) is 17.1 Å². The maximum atomic E-state index is 15.1. The lowest BCUT2D eigenvalue weighted by molar-refractivity contribution is 0.285. The highest BCUT2D eigenvalue weighted by Crippen LogP contribution is 2.35. The molecule has 0 saturated carbocycles. The van der Waals surface area contributed by atoms with E-state index in [1.807, 2.05) is 12.1 Å². The maximum Gasteiger partial charge on any atom is 0.201 e. The van der Waals surface area contributed by atoms with Crippen molar-refractivity contribution >= 4 is 5.57 Å². The normalized spacial score (nSPS) is 15.2. The predicted octanol–water partition coefficient (Wildman–Crippen LogP) is 10.9. The monoisotopic (exact) mass is 532 g/mol. The van der Waals surface area contributed by atoms with Gasteiger partial charge in [-0.25, -0.2) is 8.78 Å². The van der Waals surface area contributed by atoms with Gasteiger partial charge in [-0.15, -0.1) is 6.58 Å². The molecule has 1 nitrogen and oxygen atoms in total. The Labute approximate surface area is 231 Å². The van der Waals surface area contributed by atoms with Crippen molar-refractivity contribution in [2.75, 3.05) is 6.61 Å². The summed E-state index contributed by atoms with van der Waals surface area (Å²) in [5.41, 5.74) is 3.98. The molecule has 1 aliphatic carbocycles. The van der Waals surface area contributed by atoms with Gasteiger partial charge in [0.1, 0.15) is 5.82 Å². The minimum atomic E-state index is -0.976. The highest BCUT2D eigenvalue weighted by atomic mass is 19.2. The van der Waals surface area contributed by atoms with E-state index in [0.29, 0.717) is 29.2 Å². The minimum absolute atomic E-state index is 0.0640. The van der Waals surface area contributed by atoms with Crippen LogP contribution in [-0.2, 0) is 0 Å². The summed E-state index contributed by atoms with van der Waals surface area (Å²) in [5.74, 6) is -1.59. The Hall–Kier alpha value is -3.27. The second kappa shape index (κ2) is 14.2. The van der Waals surface area contributed by atoms with Gasteiger partial charge >= 0.3 is 0 Å². The van der Waals surface area contributed by atoms with Crippen LogP contribution in [-0.4, -0.2) is 6.61 Å². The zero-order valence-electron chi connectivity index (χ0n) is 23.0. The summed E-state index contributed by atoms with van der Waals surface area (Å²) in [6, 6.07) is 15.3. The molecule has 0 radical (unpaired) electrons. The molecule has 0 fully saturated rings. The highest BCUT2D eigenvalue weighted by Gasteiger charge is 2.18. The van der Waals surface area contributed by atoms with E-state index < -0.39 is 11.6 Å². The summed E-state index contributed by atoms with van der Waals surface area (Å²) in [4.78, 5) is 0. The van der Waals surface area contributed by atoms with Crippen LogP contribution in [0.5, 0.6) is 5.75 Å². The van der Waals surface area contributed by atoms with Crippen molar-refractivity contribution in [1.82, 2.24) is 0 Å². The van der Waals surface area contributed by atoms with Crippen LogP contribution in [0.4, 0.5) is 13.2 Å². The number of allylic oxidation sites excluding steroid dienone is 3. The standard InChI is InChI=1S/C35H39F3O/c1-3-5-7-8-9-23-39-33-22-21-31(34(37)35(33)38)28-17-15-27(16-18-28)30-20-19-29(24-32(30)36)26-13-11-25(12-14-26)10-6-4-2/h4,13,15-22,24-25H,2-3,5-12,14,23H2,1H3. The number of hydrogen-bond donors (Lipinski definition) is 0. The van der Waals surface area contributed by atoms with Crippen molar-refractivity contribution in [1.29, 1.82) is 0 Å². The van der Waals surface area contributed by atoms with Crippen LogP contribution in [0.2, 0.25) is 0 Å². The smallest absolute Gasteiger partial charge is 0.201 e. The van der Waals surface area contributed by atoms with Crippen molar-refractivity contribution in [3.8, 4) is 28.0 Å². The van der Waals surface area contributed by atoms with Gasteiger partial charge in [-0.2, -0.15) is 4.39 Å². The van der Waals surface area contributed by atoms with Crippen LogP contribution in [0.25, 0.3) is 27.8 Å². The zero-order valence-corrected chi connectivity index (χ0v) is 23.0. The van der Waals surface area contributed by atoms with Gasteiger partial charge in [-0.05, 0) is 84.9 Å². The largest absolute Gasteiger partial charge is 0.490 e. The molecule has 0 N–H and O–H groups in total. The van der Waals surface area contributed by atoms with Gasteiger partial charge in [-0.1, -0.05) is 81.2 Å². The van der Waals surface area contributed by atoms with Crippen molar-refractivity contribution in [3.05, 3.63) is 96.3 Å². The van der Waals surface area contributed by atoms with Crippen LogP contribution < -0.4 is 4.74 Å². The maximum absolute atomic E-state index is 15.1. The summed E-state index contributed by atoms with van der Waals surface area (Å²) < 4.78 is 50.2. The topological polar surface area (TPSA) is 9.23 Å². The van der Waals surface area contributed by atoms with Crippen molar-refractivity contribution < 1.29 is 17.9 Å². The number of benzene rings is 3. The molecule has 206 valence electrons. The van der Waals surface area contributed by atoms with Crippen LogP contribution in [0, 0.1) is 23.4 Å². The number of hydrogen-bond acceptors (Lipinski definition) is 1. The number of unbranched alkanes of at least 4 members (excludes halogenated alkanes) is 4. The zero-order chi connectivity index (χ0) is 27.6. The SMILES string of the molecule is C=CCCC1CC=C(c2ccc(-c3ccc(-c4ccc(OCCCCCCC)c(F)c4F)cc3)c(F)c2)CC1. The molecule has 0 bridgehead atoms. The Balaban J connectivity index is 1.42. The summed E-state index contributed by atoms with van der Waals surface area (Å²) in [5, 5.41) is 0. The predicted molar refractivity (Wildman–Crippen MR) is 156 cm³/mol. The van der Waals surface area contributed by atoms with Crippen molar-refractivity contribution in [3.63, 3.8) is 0 Å². The Morgan fingerprint density at radius 3 is 2.21 bits per heavy atom. The first-order valence-electron chi connectivity index (χ1n) is 14.3. The average molecular weight is 533 g/mol. The molecule has 3 aromatic rings. The molecule has 3 aromatic carbocycles. The fourth-order valence-corrected chi connectivity index (χ4v) is 5.30. The van der Waals surface area contributed by atoms with Gasteiger partial charge in [0.2, 0.25) is 5.82 Å². The van der Waals surface area contributed by atoms with E-state index in [1.165, 1.54) is 24.1 Å². The summed E-state index contributed by atoms with van der Waals surface area (Å²) in [7, 11) is 0. The van der Waals surface area contributed by atoms with Gasteiger partial charge in [0.05, 0.1) is 6.61 Å². The molecular formula is C35H39F3O. The third-order valence-corrected chi connectivity index (χ3v) is 7.70. The van der Waals surface area contributed by atoms with Gasteiger partial charge in [0.25, 0.3) is 0 Å². The molecule has 0 aliphatic heterocycles. The van der Waals surface area contributed by atoms with E-state index in [0.717, 1.165) is 63.4 Å². The molecule has 0 amide bonds. The van der Waals surface area contributed by atoms with Gasteiger partial charge in [0, 0.05) is 11.1 Å². The molecule has 1 unspecified atom stereocenters.